The summed E-state index contributed by atoms with van der Waals surface area (Å²) in [6.45, 7) is 2.86. The second-order valence-electron chi connectivity index (χ2n) is 2.34. The Morgan fingerprint density at radius 1 is 1.80 bits per heavy atom. The van der Waals surface area contributed by atoms with E-state index in [9.17, 15) is 0 Å². The second-order valence-corrected chi connectivity index (χ2v) is 2.34. The zero-order chi connectivity index (χ0) is 7.40. The Morgan fingerprint density at radius 3 is 3.10 bits per heavy atom. The van der Waals surface area contributed by atoms with E-state index in [1.807, 2.05) is 6.20 Å². The van der Waals surface area contributed by atoms with Crippen molar-refractivity contribution in [3.8, 4) is 0 Å². The number of nitrogens with zero attached hydrogens (tertiary/aromatic N) is 2. The molecule has 3 heteroatoms. The molecule has 0 unspecified atom stereocenters. The van der Waals surface area contributed by atoms with E-state index in [4.69, 9.17) is 5.73 Å². The highest BCUT2D eigenvalue weighted by atomic mass is 15.3. The predicted octanol–water partition coefficient (Wildman–Crippen LogP) is 0.421. The molecule has 0 fully saturated rings. The number of hydrogen-bond acceptors (Lipinski definition) is 2. The first kappa shape index (κ1) is 7.28. The topological polar surface area (TPSA) is 43.8 Å². The molecule has 0 aliphatic heterocycles. The van der Waals surface area contributed by atoms with Crippen molar-refractivity contribution in [2.75, 3.05) is 0 Å². The third-order valence-electron chi connectivity index (χ3n) is 1.45. The Morgan fingerprint density at radius 2 is 2.60 bits per heavy atom. The first-order valence-electron chi connectivity index (χ1n) is 3.48. The quantitative estimate of drug-likeness (QED) is 0.658. The highest BCUT2D eigenvalue weighted by Crippen LogP contribution is 1.91. The van der Waals surface area contributed by atoms with Crippen molar-refractivity contribution in [2.45, 2.75) is 25.9 Å². The minimum atomic E-state index is 0.216. The number of hydrogen-bond donors (Lipinski definition) is 1. The Balaban J connectivity index is 2.40. The van der Waals surface area contributed by atoms with Crippen molar-refractivity contribution in [1.29, 1.82) is 0 Å². The van der Waals surface area contributed by atoms with Gasteiger partial charge in [0.2, 0.25) is 0 Å². The van der Waals surface area contributed by atoms with Gasteiger partial charge in [-0.15, -0.1) is 0 Å². The molecule has 0 spiro atoms. The molecular weight excluding hydrogens is 126 g/mol. The van der Waals surface area contributed by atoms with Gasteiger partial charge in [-0.05, 0) is 12.5 Å². The van der Waals surface area contributed by atoms with E-state index >= 15 is 0 Å². The average molecular weight is 138 g/mol. The fourth-order valence-corrected chi connectivity index (χ4v) is 0.731. The molecule has 0 aliphatic carbocycles. The van der Waals surface area contributed by atoms with Crippen LogP contribution in [0.1, 0.15) is 13.3 Å². The molecule has 1 rings (SSSR count). The molecule has 55 valence electrons. The van der Waals surface area contributed by atoms with Crippen LogP contribution in [0.4, 0.5) is 0 Å². The zero-order valence-electron chi connectivity index (χ0n) is 6.12. The molecule has 1 radical (unpaired) electrons. The van der Waals surface area contributed by atoms with E-state index < -0.39 is 0 Å². The van der Waals surface area contributed by atoms with Gasteiger partial charge in [0.1, 0.15) is 6.20 Å². The van der Waals surface area contributed by atoms with Gasteiger partial charge in [0.25, 0.3) is 0 Å². The predicted molar refractivity (Wildman–Crippen MR) is 39.3 cm³/mol. The maximum absolute atomic E-state index is 5.69. The molecule has 0 saturated heterocycles. The van der Waals surface area contributed by atoms with Crippen LogP contribution in [-0.2, 0) is 6.54 Å². The molecule has 0 amide bonds. The van der Waals surface area contributed by atoms with Crippen LogP contribution in [0.3, 0.4) is 0 Å². The Bertz CT molecular complexity index is 169. The Labute approximate surface area is 60.8 Å². The van der Waals surface area contributed by atoms with Crippen LogP contribution >= 0.6 is 0 Å². The maximum Gasteiger partial charge on any atom is 0.113 e. The van der Waals surface area contributed by atoms with Gasteiger partial charge < -0.3 is 5.73 Å². The first-order chi connectivity index (χ1) is 4.83. The van der Waals surface area contributed by atoms with E-state index in [-0.39, 0.29) is 6.04 Å². The summed E-state index contributed by atoms with van der Waals surface area (Å²) in [6, 6.07) is 2.00. The van der Waals surface area contributed by atoms with Crippen molar-refractivity contribution < 1.29 is 0 Å². The van der Waals surface area contributed by atoms with Crippen LogP contribution in [0, 0.1) is 6.20 Å². The molecular formula is C7H12N3. The summed E-state index contributed by atoms with van der Waals surface area (Å²) in [5.41, 5.74) is 5.69. The first-order valence-corrected chi connectivity index (χ1v) is 3.48. The van der Waals surface area contributed by atoms with E-state index in [2.05, 4.69) is 18.2 Å². The van der Waals surface area contributed by atoms with Crippen molar-refractivity contribution in [2.24, 2.45) is 5.73 Å². The lowest BCUT2D eigenvalue weighted by molar-refractivity contribution is 0.500. The number of nitrogens with two attached hydrogens (primary N) is 1. The third kappa shape index (κ3) is 1.84. The lowest BCUT2D eigenvalue weighted by atomic mass is 10.2. The Hall–Kier alpha value is -0.830. The van der Waals surface area contributed by atoms with Crippen LogP contribution in [-0.4, -0.2) is 15.8 Å². The van der Waals surface area contributed by atoms with Crippen molar-refractivity contribution >= 4 is 0 Å². The normalized spacial score (nSPS) is 13.4. The highest BCUT2D eigenvalue weighted by molar-refractivity contribution is 4.76. The third-order valence-corrected chi connectivity index (χ3v) is 1.45. The van der Waals surface area contributed by atoms with Gasteiger partial charge in [-0.1, -0.05) is 6.92 Å². The van der Waals surface area contributed by atoms with Crippen molar-refractivity contribution in [3.05, 3.63) is 18.5 Å². The highest BCUT2D eigenvalue weighted by Gasteiger charge is 1.98. The van der Waals surface area contributed by atoms with Gasteiger partial charge in [0.15, 0.2) is 0 Å². The summed E-state index contributed by atoms with van der Waals surface area (Å²) in [6.07, 6.45) is 5.57. The lowest BCUT2D eigenvalue weighted by Crippen LogP contribution is -2.25. The molecule has 3 nitrogen and oxygen atoms in total. The van der Waals surface area contributed by atoms with E-state index in [0.29, 0.717) is 0 Å². The summed E-state index contributed by atoms with van der Waals surface area (Å²) < 4.78 is 1.80. The SMILES string of the molecule is CC[C@@H](N)Cn1cc[c]n1. The average Bonchev–Trinajstić information content (AvgIpc) is 2.40. The van der Waals surface area contributed by atoms with Gasteiger partial charge in [-0.2, -0.15) is 5.10 Å². The van der Waals surface area contributed by atoms with E-state index in [1.165, 1.54) is 0 Å². The Kier molecular flexibility index (Phi) is 2.45. The summed E-state index contributed by atoms with van der Waals surface area (Å²) in [5.74, 6) is 0. The van der Waals surface area contributed by atoms with Gasteiger partial charge >= 0.3 is 0 Å². The summed E-state index contributed by atoms with van der Waals surface area (Å²) in [5, 5.41) is 3.92. The minimum absolute atomic E-state index is 0.216. The van der Waals surface area contributed by atoms with E-state index in [0.717, 1.165) is 13.0 Å². The molecule has 1 atom stereocenters. The minimum Gasteiger partial charge on any atom is -0.326 e. The molecule has 1 aromatic heterocycles. The van der Waals surface area contributed by atoms with Crippen LogP contribution in [0.5, 0.6) is 0 Å². The van der Waals surface area contributed by atoms with Gasteiger partial charge in [0, 0.05) is 12.2 Å². The standard InChI is InChI=1S/C7H12N3/c1-2-7(8)6-10-5-3-4-9-10/h3,5,7H,2,6,8H2,1H3/t7-/m1/s1. The van der Waals surface area contributed by atoms with Crippen LogP contribution in [0.25, 0.3) is 0 Å². The summed E-state index contributed by atoms with van der Waals surface area (Å²) >= 11 is 0. The van der Waals surface area contributed by atoms with Gasteiger partial charge in [0.05, 0.1) is 6.54 Å². The van der Waals surface area contributed by atoms with Crippen molar-refractivity contribution in [3.63, 3.8) is 0 Å². The second kappa shape index (κ2) is 3.37. The summed E-state index contributed by atoms with van der Waals surface area (Å²) in [4.78, 5) is 0. The molecule has 10 heavy (non-hydrogen) atoms. The number of aromatic nitrogens is 2. The summed E-state index contributed by atoms with van der Waals surface area (Å²) in [7, 11) is 0. The molecule has 1 aromatic rings. The van der Waals surface area contributed by atoms with Crippen LogP contribution in [0.15, 0.2) is 12.3 Å². The van der Waals surface area contributed by atoms with Gasteiger partial charge in [-0.25, -0.2) is 0 Å². The number of rotatable bonds is 3. The lowest BCUT2D eigenvalue weighted by Gasteiger charge is -2.07. The van der Waals surface area contributed by atoms with Gasteiger partial charge in [-0.3, -0.25) is 4.68 Å². The molecule has 1 heterocycles. The molecule has 0 bridgehead atoms. The molecule has 0 aliphatic rings. The maximum atomic E-state index is 5.69. The largest absolute Gasteiger partial charge is 0.326 e. The fourth-order valence-electron chi connectivity index (χ4n) is 0.731. The molecule has 0 saturated carbocycles. The fraction of sp³-hybridized carbons (Fsp3) is 0.571. The molecule has 2 N–H and O–H groups in total. The smallest absolute Gasteiger partial charge is 0.113 e. The van der Waals surface area contributed by atoms with Crippen LogP contribution < -0.4 is 5.73 Å². The monoisotopic (exact) mass is 138 g/mol. The van der Waals surface area contributed by atoms with Crippen LogP contribution in [0.2, 0.25) is 0 Å². The molecule has 0 aromatic carbocycles. The van der Waals surface area contributed by atoms with Crippen molar-refractivity contribution in [1.82, 2.24) is 9.78 Å². The van der Waals surface area contributed by atoms with E-state index in [1.54, 1.807) is 10.7 Å². The zero-order valence-corrected chi connectivity index (χ0v) is 6.12.